The van der Waals surface area contributed by atoms with Crippen molar-refractivity contribution in [3.05, 3.63) is 39.4 Å². The summed E-state index contributed by atoms with van der Waals surface area (Å²) in [5.41, 5.74) is 0.843. The van der Waals surface area contributed by atoms with Gasteiger partial charge >= 0.3 is 0 Å². The van der Waals surface area contributed by atoms with Crippen LogP contribution in [0.25, 0.3) is 0 Å². The number of nitrogens with zero attached hydrogens (tertiary/aromatic N) is 1. The maximum absolute atomic E-state index is 12.7. The lowest BCUT2D eigenvalue weighted by molar-refractivity contribution is 0.351. The Morgan fingerprint density at radius 1 is 1.35 bits per heavy atom. The molecule has 0 saturated carbocycles. The van der Waals surface area contributed by atoms with E-state index in [1.54, 1.807) is 22.8 Å². The van der Waals surface area contributed by atoms with Crippen LogP contribution in [0.3, 0.4) is 0 Å². The molecule has 0 N–H and O–H groups in total. The molecule has 0 atom stereocenters. The largest absolute Gasteiger partial charge is 0.253 e. The van der Waals surface area contributed by atoms with Gasteiger partial charge in [0.15, 0.2) is 0 Å². The number of sulfonamides is 1. The molecule has 0 fully saturated rings. The van der Waals surface area contributed by atoms with Crippen molar-refractivity contribution < 1.29 is 8.42 Å². The van der Waals surface area contributed by atoms with Gasteiger partial charge in [-0.15, -0.1) is 34.3 Å². The summed E-state index contributed by atoms with van der Waals surface area (Å²) in [4.78, 5) is 1.04. The van der Waals surface area contributed by atoms with E-state index in [1.165, 1.54) is 15.6 Å². The van der Waals surface area contributed by atoms with Crippen LogP contribution in [0.5, 0.6) is 0 Å². The van der Waals surface area contributed by atoms with Crippen LogP contribution in [0.1, 0.15) is 24.3 Å². The molecule has 0 saturated heterocycles. The Hall–Kier alpha value is -0.400. The van der Waals surface area contributed by atoms with Crippen LogP contribution in [0.4, 0.5) is 0 Å². The average molecular weight is 350 g/mol. The fraction of sp³-hybridized carbons (Fsp3) is 0.385. The van der Waals surface area contributed by atoms with Gasteiger partial charge in [-0.05, 0) is 42.3 Å². The summed E-state index contributed by atoms with van der Waals surface area (Å²) in [6.45, 7) is 4.19. The molecule has 0 aliphatic rings. The van der Waals surface area contributed by atoms with E-state index in [0.717, 1.165) is 10.4 Å². The van der Waals surface area contributed by atoms with Crippen LogP contribution >= 0.6 is 34.3 Å². The third-order valence-electron chi connectivity index (χ3n) is 2.81. The maximum Gasteiger partial charge on any atom is 0.253 e. The summed E-state index contributed by atoms with van der Waals surface area (Å²) >= 11 is 8.54. The standard InChI is InChI=1S/C13H16ClNO2S3/c1-10(2)15(8-12-4-3-5-18-12)20(16,17)13-6-11(7-14)9-19-13/h3-6,9-10H,7-8H2,1-2H3. The molecule has 0 radical (unpaired) electrons. The lowest BCUT2D eigenvalue weighted by atomic mass is 10.4. The number of thiophene rings is 2. The van der Waals surface area contributed by atoms with Crippen LogP contribution in [-0.2, 0) is 22.4 Å². The van der Waals surface area contributed by atoms with E-state index in [-0.39, 0.29) is 6.04 Å². The summed E-state index contributed by atoms with van der Waals surface area (Å²) in [5.74, 6) is 0.332. The van der Waals surface area contributed by atoms with Gasteiger partial charge in [0, 0.05) is 23.3 Å². The second kappa shape index (κ2) is 6.58. The molecular formula is C13H16ClNO2S3. The predicted molar refractivity (Wildman–Crippen MR) is 86.1 cm³/mol. The summed E-state index contributed by atoms with van der Waals surface area (Å²) in [6, 6.07) is 5.45. The van der Waals surface area contributed by atoms with Crippen molar-refractivity contribution in [3.63, 3.8) is 0 Å². The minimum atomic E-state index is -3.47. The van der Waals surface area contributed by atoms with Crippen molar-refractivity contribution in [2.24, 2.45) is 0 Å². The molecule has 0 aromatic carbocycles. The van der Waals surface area contributed by atoms with Crippen molar-refractivity contribution in [1.82, 2.24) is 4.31 Å². The third-order valence-corrected chi connectivity index (χ3v) is 7.47. The molecule has 3 nitrogen and oxygen atoms in total. The number of rotatable bonds is 6. The van der Waals surface area contributed by atoms with E-state index in [2.05, 4.69) is 0 Å². The quantitative estimate of drug-likeness (QED) is 0.735. The highest BCUT2D eigenvalue weighted by Gasteiger charge is 2.28. The van der Waals surface area contributed by atoms with E-state index in [4.69, 9.17) is 11.6 Å². The topological polar surface area (TPSA) is 37.4 Å². The molecule has 2 aromatic rings. The zero-order valence-corrected chi connectivity index (χ0v) is 14.5. The van der Waals surface area contributed by atoms with Gasteiger partial charge in [-0.2, -0.15) is 4.31 Å². The van der Waals surface area contributed by atoms with Crippen LogP contribution in [-0.4, -0.2) is 18.8 Å². The van der Waals surface area contributed by atoms with Gasteiger partial charge in [-0.1, -0.05) is 6.07 Å². The van der Waals surface area contributed by atoms with Crippen LogP contribution in [0.15, 0.2) is 33.2 Å². The van der Waals surface area contributed by atoms with Gasteiger partial charge in [0.2, 0.25) is 0 Å². The average Bonchev–Trinajstić information content (AvgIpc) is 3.06. The molecule has 0 amide bonds. The first-order valence-electron chi connectivity index (χ1n) is 6.12. The summed E-state index contributed by atoms with van der Waals surface area (Å²) in [5, 5.41) is 3.75. The maximum atomic E-state index is 12.7. The van der Waals surface area contributed by atoms with Gasteiger partial charge in [-0.25, -0.2) is 8.42 Å². The van der Waals surface area contributed by atoms with Gasteiger partial charge in [0.1, 0.15) is 4.21 Å². The van der Waals surface area contributed by atoms with E-state index in [9.17, 15) is 8.42 Å². The van der Waals surface area contributed by atoms with Crippen molar-refractivity contribution in [1.29, 1.82) is 0 Å². The van der Waals surface area contributed by atoms with E-state index in [0.29, 0.717) is 16.6 Å². The molecule has 0 unspecified atom stereocenters. The zero-order valence-electron chi connectivity index (χ0n) is 11.2. The Morgan fingerprint density at radius 2 is 2.10 bits per heavy atom. The van der Waals surface area contributed by atoms with E-state index in [1.807, 2.05) is 31.4 Å². The Kier molecular flexibility index (Phi) is 5.25. The predicted octanol–water partition coefficient (Wildman–Crippen LogP) is 4.15. The van der Waals surface area contributed by atoms with Crippen molar-refractivity contribution in [2.75, 3.05) is 0 Å². The molecule has 0 aliphatic heterocycles. The Labute approximate surface area is 132 Å². The van der Waals surface area contributed by atoms with Crippen molar-refractivity contribution in [2.45, 2.75) is 36.5 Å². The van der Waals surface area contributed by atoms with E-state index >= 15 is 0 Å². The van der Waals surface area contributed by atoms with Crippen molar-refractivity contribution in [3.8, 4) is 0 Å². The van der Waals surface area contributed by atoms with Gasteiger partial charge in [0.25, 0.3) is 10.0 Å². The first kappa shape index (κ1) is 16.0. The first-order chi connectivity index (χ1) is 9.45. The lowest BCUT2D eigenvalue weighted by Crippen LogP contribution is -2.35. The second-order valence-electron chi connectivity index (χ2n) is 4.63. The molecular weight excluding hydrogens is 334 g/mol. The number of hydrogen-bond acceptors (Lipinski definition) is 4. The molecule has 110 valence electrons. The number of halogens is 1. The van der Waals surface area contributed by atoms with Crippen LogP contribution < -0.4 is 0 Å². The number of hydrogen-bond donors (Lipinski definition) is 0. The van der Waals surface area contributed by atoms with E-state index < -0.39 is 10.0 Å². The highest BCUT2D eigenvalue weighted by molar-refractivity contribution is 7.91. The summed E-state index contributed by atoms with van der Waals surface area (Å²) in [6.07, 6.45) is 0. The molecule has 0 spiro atoms. The summed E-state index contributed by atoms with van der Waals surface area (Å²) < 4.78 is 27.3. The second-order valence-corrected chi connectivity index (χ2v) is 8.96. The third kappa shape index (κ3) is 3.43. The number of alkyl halides is 1. The fourth-order valence-electron chi connectivity index (χ4n) is 1.78. The first-order valence-corrected chi connectivity index (χ1v) is 9.86. The molecule has 2 rings (SSSR count). The minimum Gasteiger partial charge on any atom is -0.206 e. The molecule has 0 aliphatic carbocycles. The Morgan fingerprint density at radius 3 is 2.60 bits per heavy atom. The monoisotopic (exact) mass is 349 g/mol. The Balaban J connectivity index is 2.32. The van der Waals surface area contributed by atoms with Crippen LogP contribution in [0.2, 0.25) is 0 Å². The molecule has 7 heteroatoms. The van der Waals surface area contributed by atoms with Gasteiger partial charge in [0.05, 0.1) is 0 Å². The highest BCUT2D eigenvalue weighted by atomic mass is 35.5. The minimum absolute atomic E-state index is 0.0938. The lowest BCUT2D eigenvalue weighted by Gasteiger charge is -2.24. The highest BCUT2D eigenvalue weighted by Crippen LogP contribution is 2.28. The van der Waals surface area contributed by atoms with Crippen LogP contribution in [0, 0.1) is 0 Å². The summed E-state index contributed by atoms with van der Waals surface area (Å²) in [7, 11) is -3.47. The molecule has 2 heterocycles. The Bertz CT molecular complexity index is 647. The van der Waals surface area contributed by atoms with Gasteiger partial charge in [-0.3, -0.25) is 0 Å². The molecule has 0 bridgehead atoms. The van der Waals surface area contributed by atoms with Gasteiger partial charge < -0.3 is 0 Å². The molecule has 20 heavy (non-hydrogen) atoms. The fourth-order valence-corrected chi connectivity index (χ4v) is 5.76. The molecule has 2 aromatic heterocycles. The normalized spacial score (nSPS) is 12.4. The zero-order chi connectivity index (χ0) is 14.8. The van der Waals surface area contributed by atoms with Crippen molar-refractivity contribution >= 4 is 44.3 Å². The SMILES string of the molecule is CC(C)N(Cc1cccs1)S(=O)(=O)c1cc(CCl)cs1. The smallest absolute Gasteiger partial charge is 0.206 e.